The minimum atomic E-state index is -0.243. The standard InChI is InChI=1S/C19H27N3O2/c1-15-7-3-4-8-17(15)20-10-6-11-21(14-13-20)19(24)18-9-5-12-22(18)16(2)23/h3-4,7-8,18H,5-6,9-14H2,1-2H3. The van der Waals surface area contributed by atoms with Crippen molar-refractivity contribution in [3.8, 4) is 0 Å². The number of nitrogens with zero attached hydrogens (tertiary/aromatic N) is 3. The topological polar surface area (TPSA) is 43.9 Å². The first-order valence-corrected chi connectivity index (χ1v) is 8.94. The second kappa shape index (κ2) is 7.24. The smallest absolute Gasteiger partial charge is 0.245 e. The Morgan fingerprint density at radius 1 is 1.00 bits per heavy atom. The van der Waals surface area contributed by atoms with E-state index in [2.05, 4.69) is 36.1 Å². The normalized spacial score (nSPS) is 21.8. The molecule has 0 N–H and O–H groups in total. The Labute approximate surface area is 144 Å². The number of carbonyl (C=O) groups excluding carboxylic acids is 2. The van der Waals surface area contributed by atoms with Crippen molar-refractivity contribution in [2.45, 2.75) is 39.2 Å². The maximum atomic E-state index is 12.9. The third-order valence-corrected chi connectivity index (χ3v) is 5.21. The SMILES string of the molecule is CC(=O)N1CCCC1C(=O)N1CCCN(c2ccccc2C)CC1. The van der Waals surface area contributed by atoms with E-state index in [0.717, 1.165) is 52.0 Å². The van der Waals surface area contributed by atoms with Gasteiger partial charge in [-0.1, -0.05) is 18.2 Å². The third kappa shape index (κ3) is 3.40. The second-order valence-electron chi connectivity index (χ2n) is 6.82. The Bertz CT molecular complexity index is 616. The zero-order valence-corrected chi connectivity index (χ0v) is 14.7. The molecule has 0 radical (unpaired) electrons. The molecule has 0 aliphatic carbocycles. The van der Waals surface area contributed by atoms with Crippen molar-refractivity contribution in [2.24, 2.45) is 0 Å². The lowest BCUT2D eigenvalue weighted by atomic mass is 10.2. The average Bonchev–Trinajstić information content (AvgIpc) is 2.94. The van der Waals surface area contributed by atoms with E-state index < -0.39 is 0 Å². The van der Waals surface area contributed by atoms with Crippen LogP contribution >= 0.6 is 0 Å². The van der Waals surface area contributed by atoms with Crippen molar-refractivity contribution in [3.05, 3.63) is 29.8 Å². The first kappa shape index (κ1) is 16.8. The van der Waals surface area contributed by atoms with Crippen LogP contribution in [0.5, 0.6) is 0 Å². The Morgan fingerprint density at radius 3 is 2.54 bits per heavy atom. The zero-order valence-electron chi connectivity index (χ0n) is 14.7. The summed E-state index contributed by atoms with van der Waals surface area (Å²) in [5.41, 5.74) is 2.54. The molecule has 1 atom stereocenters. The second-order valence-corrected chi connectivity index (χ2v) is 6.82. The van der Waals surface area contributed by atoms with E-state index in [4.69, 9.17) is 0 Å². The van der Waals surface area contributed by atoms with Gasteiger partial charge in [0.2, 0.25) is 11.8 Å². The van der Waals surface area contributed by atoms with Crippen molar-refractivity contribution in [2.75, 3.05) is 37.6 Å². The predicted octanol–water partition coefficient (Wildman–Crippen LogP) is 2.04. The van der Waals surface area contributed by atoms with Crippen LogP contribution in [-0.4, -0.2) is 60.4 Å². The minimum absolute atomic E-state index is 0.0159. The van der Waals surface area contributed by atoms with Crippen LogP contribution in [0.25, 0.3) is 0 Å². The van der Waals surface area contributed by atoms with Crippen molar-refractivity contribution < 1.29 is 9.59 Å². The van der Waals surface area contributed by atoms with Crippen molar-refractivity contribution >= 4 is 17.5 Å². The van der Waals surface area contributed by atoms with E-state index >= 15 is 0 Å². The summed E-state index contributed by atoms with van der Waals surface area (Å²) in [4.78, 5) is 30.7. The Morgan fingerprint density at radius 2 is 1.79 bits per heavy atom. The van der Waals surface area contributed by atoms with E-state index in [1.165, 1.54) is 11.3 Å². The lowest BCUT2D eigenvalue weighted by molar-refractivity contribution is -0.142. The molecular weight excluding hydrogens is 302 g/mol. The van der Waals surface area contributed by atoms with Gasteiger partial charge in [-0.2, -0.15) is 0 Å². The number of amides is 2. The first-order chi connectivity index (χ1) is 11.6. The fourth-order valence-electron chi connectivity index (χ4n) is 3.91. The molecule has 2 aliphatic rings. The van der Waals surface area contributed by atoms with Crippen LogP contribution in [0.4, 0.5) is 5.69 Å². The van der Waals surface area contributed by atoms with Crippen molar-refractivity contribution in [1.29, 1.82) is 0 Å². The zero-order chi connectivity index (χ0) is 17.1. The van der Waals surface area contributed by atoms with Gasteiger partial charge in [-0.3, -0.25) is 9.59 Å². The molecule has 0 saturated carbocycles. The van der Waals surface area contributed by atoms with Gasteiger partial charge in [-0.15, -0.1) is 0 Å². The lowest BCUT2D eigenvalue weighted by Gasteiger charge is -2.29. The Kier molecular flexibility index (Phi) is 5.07. The quantitative estimate of drug-likeness (QED) is 0.834. The molecule has 2 fully saturated rings. The maximum Gasteiger partial charge on any atom is 0.245 e. The molecule has 5 heteroatoms. The number of benzene rings is 1. The van der Waals surface area contributed by atoms with Gasteiger partial charge >= 0.3 is 0 Å². The van der Waals surface area contributed by atoms with Gasteiger partial charge in [0.15, 0.2) is 0 Å². The molecular formula is C19H27N3O2. The molecule has 2 saturated heterocycles. The highest BCUT2D eigenvalue weighted by atomic mass is 16.2. The number of rotatable bonds is 2. The van der Waals surface area contributed by atoms with Gasteiger partial charge in [0.1, 0.15) is 6.04 Å². The number of carbonyl (C=O) groups is 2. The lowest BCUT2D eigenvalue weighted by Crippen LogP contribution is -2.48. The number of anilines is 1. The Hall–Kier alpha value is -2.04. The molecule has 0 bridgehead atoms. The van der Waals surface area contributed by atoms with Gasteiger partial charge in [-0.25, -0.2) is 0 Å². The van der Waals surface area contributed by atoms with Crippen molar-refractivity contribution in [1.82, 2.24) is 9.80 Å². The summed E-state index contributed by atoms with van der Waals surface area (Å²) >= 11 is 0. The molecule has 2 aliphatic heterocycles. The predicted molar refractivity (Wildman–Crippen MR) is 95.0 cm³/mol. The van der Waals surface area contributed by atoms with Crippen LogP contribution in [0, 0.1) is 6.92 Å². The molecule has 2 heterocycles. The van der Waals surface area contributed by atoms with Crippen LogP contribution in [0.15, 0.2) is 24.3 Å². The van der Waals surface area contributed by atoms with Crippen LogP contribution in [0.1, 0.15) is 31.7 Å². The highest BCUT2D eigenvalue weighted by molar-refractivity contribution is 5.87. The summed E-state index contributed by atoms with van der Waals surface area (Å²) in [6.45, 7) is 7.74. The maximum absolute atomic E-state index is 12.9. The fourth-order valence-corrected chi connectivity index (χ4v) is 3.91. The van der Waals surface area contributed by atoms with E-state index in [1.54, 1.807) is 11.8 Å². The number of likely N-dealkylation sites (tertiary alicyclic amines) is 1. The van der Waals surface area contributed by atoms with Crippen LogP contribution in [-0.2, 0) is 9.59 Å². The molecule has 1 unspecified atom stereocenters. The highest BCUT2D eigenvalue weighted by Gasteiger charge is 2.35. The average molecular weight is 329 g/mol. The van der Waals surface area contributed by atoms with Gasteiger partial charge in [0, 0.05) is 45.3 Å². The summed E-state index contributed by atoms with van der Waals surface area (Å²) in [7, 11) is 0. The van der Waals surface area contributed by atoms with Gasteiger partial charge < -0.3 is 14.7 Å². The van der Waals surface area contributed by atoms with Gasteiger partial charge in [0.05, 0.1) is 0 Å². The summed E-state index contributed by atoms with van der Waals surface area (Å²) in [6.07, 6.45) is 2.70. The number of aryl methyl sites for hydroxylation is 1. The molecule has 1 aromatic carbocycles. The molecule has 0 aromatic heterocycles. The van der Waals surface area contributed by atoms with Crippen LogP contribution < -0.4 is 4.90 Å². The molecule has 0 spiro atoms. The number of hydrogen-bond acceptors (Lipinski definition) is 3. The number of para-hydroxylation sites is 1. The van der Waals surface area contributed by atoms with Crippen LogP contribution in [0.2, 0.25) is 0 Å². The van der Waals surface area contributed by atoms with E-state index in [0.29, 0.717) is 0 Å². The number of hydrogen-bond donors (Lipinski definition) is 0. The molecule has 130 valence electrons. The summed E-state index contributed by atoms with van der Waals surface area (Å²) in [5.74, 6) is 0.150. The third-order valence-electron chi connectivity index (χ3n) is 5.21. The highest BCUT2D eigenvalue weighted by Crippen LogP contribution is 2.23. The van der Waals surface area contributed by atoms with E-state index in [-0.39, 0.29) is 17.9 Å². The van der Waals surface area contributed by atoms with E-state index in [1.807, 2.05) is 4.90 Å². The minimum Gasteiger partial charge on any atom is -0.369 e. The fraction of sp³-hybridized carbons (Fsp3) is 0.579. The molecule has 24 heavy (non-hydrogen) atoms. The first-order valence-electron chi connectivity index (χ1n) is 8.94. The summed E-state index contributed by atoms with van der Waals surface area (Å²) < 4.78 is 0. The van der Waals surface area contributed by atoms with E-state index in [9.17, 15) is 9.59 Å². The van der Waals surface area contributed by atoms with Gasteiger partial charge in [-0.05, 0) is 37.8 Å². The van der Waals surface area contributed by atoms with Gasteiger partial charge in [0.25, 0.3) is 0 Å². The molecule has 5 nitrogen and oxygen atoms in total. The Balaban J connectivity index is 1.66. The van der Waals surface area contributed by atoms with Crippen LogP contribution in [0.3, 0.4) is 0 Å². The molecule has 1 aromatic rings. The summed E-state index contributed by atoms with van der Waals surface area (Å²) in [6, 6.07) is 8.17. The molecule has 2 amide bonds. The molecule has 3 rings (SSSR count). The van der Waals surface area contributed by atoms with Crippen molar-refractivity contribution in [3.63, 3.8) is 0 Å². The summed E-state index contributed by atoms with van der Waals surface area (Å²) in [5, 5.41) is 0. The largest absolute Gasteiger partial charge is 0.369 e. The monoisotopic (exact) mass is 329 g/mol.